The first-order valence-corrected chi connectivity index (χ1v) is 9.02. The van der Waals surface area contributed by atoms with E-state index in [9.17, 15) is 18.0 Å². The van der Waals surface area contributed by atoms with E-state index < -0.39 is 18.9 Å². The zero-order valence-corrected chi connectivity index (χ0v) is 15.1. The van der Waals surface area contributed by atoms with Gasteiger partial charge >= 0.3 is 12.2 Å². The molecule has 3 rings (SSSR count). The zero-order valence-electron chi connectivity index (χ0n) is 15.1. The molecule has 2 fully saturated rings. The Balaban J connectivity index is 1.46. The number of carbonyl (C=O) groups excluding carboxylic acids is 1. The third kappa shape index (κ3) is 5.03. The smallest absolute Gasteiger partial charge is 0.427 e. The maximum Gasteiger partial charge on any atom is 0.427 e. The van der Waals surface area contributed by atoms with Crippen LogP contribution in [-0.4, -0.2) is 43.1 Å². The Morgan fingerprint density at radius 2 is 2.11 bits per heavy atom. The monoisotopic (exact) mass is 387 g/mol. The molecule has 1 atom stereocenters. The number of ether oxygens (including phenoxy) is 2. The van der Waals surface area contributed by atoms with Crippen LogP contribution in [0.2, 0.25) is 0 Å². The van der Waals surface area contributed by atoms with Crippen LogP contribution >= 0.6 is 0 Å². The first kappa shape index (κ1) is 19.7. The molecule has 1 aromatic heterocycles. The fourth-order valence-corrected chi connectivity index (χ4v) is 3.69. The molecule has 2 N–H and O–H groups in total. The van der Waals surface area contributed by atoms with Crippen LogP contribution < -0.4 is 15.4 Å². The number of hydrogen-bond donors (Lipinski definition) is 2. The molecule has 2 amide bonds. The van der Waals surface area contributed by atoms with Gasteiger partial charge in [0.1, 0.15) is 0 Å². The van der Waals surface area contributed by atoms with Crippen molar-refractivity contribution in [1.82, 2.24) is 15.6 Å². The van der Waals surface area contributed by atoms with Gasteiger partial charge in [0.05, 0.1) is 18.8 Å². The Bertz CT molecular complexity index is 657. The van der Waals surface area contributed by atoms with Gasteiger partial charge in [-0.1, -0.05) is 12.5 Å². The number of nitrogens with one attached hydrogen (secondary N) is 2. The summed E-state index contributed by atoms with van der Waals surface area (Å²) < 4.78 is 48.1. The zero-order chi connectivity index (χ0) is 19.5. The Labute approximate surface area is 155 Å². The summed E-state index contributed by atoms with van der Waals surface area (Å²) in [4.78, 5) is 16.0. The van der Waals surface area contributed by atoms with Crippen molar-refractivity contribution < 1.29 is 27.4 Å². The molecular weight excluding hydrogens is 363 g/mol. The quantitative estimate of drug-likeness (QED) is 0.754. The highest BCUT2D eigenvalue weighted by molar-refractivity contribution is 5.74. The Morgan fingerprint density at radius 3 is 2.70 bits per heavy atom. The van der Waals surface area contributed by atoms with E-state index in [1.807, 2.05) is 0 Å². The van der Waals surface area contributed by atoms with Crippen LogP contribution in [0.25, 0.3) is 0 Å². The van der Waals surface area contributed by atoms with Crippen molar-refractivity contribution in [3.63, 3.8) is 0 Å². The van der Waals surface area contributed by atoms with Crippen molar-refractivity contribution in [3.05, 3.63) is 23.9 Å². The number of rotatable bonds is 7. The van der Waals surface area contributed by atoms with Gasteiger partial charge in [0.2, 0.25) is 12.0 Å². The fraction of sp³-hybridized carbons (Fsp3) is 0.667. The minimum absolute atomic E-state index is 0.0991. The Kier molecular flexibility index (Phi) is 5.78. The van der Waals surface area contributed by atoms with E-state index in [0.717, 1.165) is 12.8 Å². The molecule has 1 spiro atoms. The van der Waals surface area contributed by atoms with E-state index in [1.165, 1.54) is 38.5 Å². The summed E-state index contributed by atoms with van der Waals surface area (Å²) >= 11 is 0. The molecule has 2 aliphatic carbocycles. The number of carbonyl (C=O) groups is 1. The molecule has 9 heteroatoms. The topological polar surface area (TPSA) is 72.5 Å². The standard InChI is InChI=1S/C18H24F3N3O3/c1-26-11-14(18(19,20)21)27-15-5-2-4-12(23-15)10-22-16(25)24-13-8-17(9-13)6-3-7-17/h2,4-5,13-14H,3,6-11H2,1H3,(H2,22,24,25). The molecule has 2 aliphatic rings. The number of halogens is 3. The maximum atomic E-state index is 12.9. The lowest BCUT2D eigenvalue weighted by Gasteiger charge is -2.54. The molecule has 6 nitrogen and oxygen atoms in total. The van der Waals surface area contributed by atoms with Crippen molar-refractivity contribution in [3.8, 4) is 5.88 Å². The summed E-state index contributed by atoms with van der Waals surface area (Å²) in [7, 11) is 1.17. The van der Waals surface area contributed by atoms with E-state index >= 15 is 0 Å². The highest BCUT2D eigenvalue weighted by Crippen LogP contribution is 2.55. The molecule has 0 bridgehead atoms. The van der Waals surface area contributed by atoms with Crippen LogP contribution in [0.4, 0.5) is 18.0 Å². The molecule has 27 heavy (non-hydrogen) atoms. The Hall–Kier alpha value is -2.03. The first-order valence-electron chi connectivity index (χ1n) is 9.02. The second-order valence-electron chi connectivity index (χ2n) is 7.36. The number of amides is 2. The lowest BCUT2D eigenvalue weighted by atomic mass is 9.54. The van der Waals surface area contributed by atoms with Crippen LogP contribution in [0.15, 0.2) is 18.2 Å². The number of methoxy groups -OCH3 is 1. The van der Waals surface area contributed by atoms with E-state index in [-0.39, 0.29) is 24.5 Å². The summed E-state index contributed by atoms with van der Waals surface area (Å²) in [5.74, 6) is -0.167. The average Bonchev–Trinajstić information content (AvgIpc) is 2.53. The Morgan fingerprint density at radius 1 is 1.37 bits per heavy atom. The van der Waals surface area contributed by atoms with Gasteiger partial charge < -0.3 is 20.1 Å². The van der Waals surface area contributed by atoms with Gasteiger partial charge in [-0.05, 0) is 37.2 Å². The van der Waals surface area contributed by atoms with Crippen LogP contribution in [0.1, 0.15) is 37.8 Å². The van der Waals surface area contributed by atoms with Crippen molar-refractivity contribution in [2.75, 3.05) is 13.7 Å². The van der Waals surface area contributed by atoms with E-state index in [2.05, 4.69) is 20.4 Å². The maximum absolute atomic E-state index is 12.9. The highest BCUT2D eigenvalue weighted by atomic mass is 19.4. The minimum atomic E-state index is -4.56. The SMILES string of the molecule is COCC(Oc1cccc(CNC(=O)NC2CC3(CCC3)C2)n1)C(F)(F)F. The second kappa shape index (κ2) is 7.92. The molecule has 0 saturated heterocycles. The second-order valence-corrected chi connectivity index (χ2v) is 7.36. The highest BCUT2D eigenvalue weighted by Gasteiger charge is 2.48. The van der Waals surface area contributed by atoms with E-state index in [0.29, 0.717) is 11.1 Å². The van der Waals surface area contributed by atoms with Gasteiger partial charge in [0, 0.05) is 19.2 Å². The first-order chi connectivity index (χ1) is 12.8. The van der Waals surface area contributed by atoms with Gasteiger partial charge in [-0.15, -0.1) is 0 Å². The number of urea groups is 1. The summed E-state index contributed by atoms with van der Waals surface area (Å²) in [5.41, 5.74) is 0.882. The summed E-state index contributed by atoms with van der Waals surface area (Å²) in [6, 6.07) is 4.39. The normalized spacial score (nSPS) is 19.7. The van der Waals surface area contributed by atoms with Gasteiger partial charge in [-0.2, -0.15) is 13.2 Å². The fourth-order valence-electron chi connectivity index (χ4n) is 3.69. The molecule has 150 valence electrons. The lowest BCUT2D eigenvalue weighted by Crippen LogP contribution is -2.55. The molecule has 2 saturated carbocycles. The number of pyridine rings is 1. The average molecular weight is 387 g/mol. The van der Waals surface area contributed by atoms with Crippen molar-refractivity contribution in [2.45, 2.75) is 57.0 Å². The van der Waals surface area contributed by atoms with Gasteiger partial charge in [0.15, 0.2) is 0 Å². The van der Waals surface area contributed by atoms with Gasteiger partial charge in [-0.25, -0.2) is 9.78 Å². The molecule has 1 unspecified atom stereocenters. The van der Waals surface area contributed by atoms with Crippen molar-refractivity contribution in [2.24, 2.45) is 5.41 Å². The van der Waals surface area contributed by atoms with Crippen LogP contribution in [0.3, 0.4) is 0 Å². The predicted octanol–water partition coefficient (Wildman–Crippen LogP) is 3.17. The number of aromatic nitrogens is 1. The van der Waals surface area contributed by atoms with E-state index in [1.54, 1.807) is 6.07 Å². The van der Waals surface area contributed by atoms with E-state index in [4.69, 9.17) is 4.74 Å². The van der Waals surface area contributed by atoms with Crippen LogP contribution in [0.5, 0.6) is 5.88 Å². The molecule has 0 radical (unpaired) electrons. The summed E-state index contributed by atoms with van der Waals surface area (Å²) in [6.07, 6.45) is -0.814. The van der Waals surface area contributed by atoms with Crippen LogP contribution in [-0.2, 0) is 11.3 Å². The predicted molar refractivity (Wildman–Crippen MR) is 91.3 cm³/mol. The summed E-state index contributed by atoms with van der Waals surface area (Å²) in [5, 5.41) is 5.60. The molecule has 1 heterocycles. The number of alkyl halides is 3. The minimum Gasteiger partial charge on any atom is -0.462 e. The molecule has 0 aliphatic heterocycles. The molecule has 1 aromatic rings. The van der Waals surface area contributed by atoms with Gasteiger partial charge in [0.25, 0.3) is 0 Å². The molecular formula is C18H24F3N3O3. The largest absolute Gasteiger partial charge is 0.462 e. The van der Waals surface area contributed by atoms with Gasteiger partial charge in [-0.3, -0.25) is 0 Å². The summed E-state index contributed by atoms with van der Waals surface area (Å²) in [6.45, 7) is -0.527. The van der Waals surface area contributed by atoms with Crippen LogP contribution in [0, 0.1) is 5.41 Å². The van der Waals surface area contributed by atoms with Crippen molar-refractivity contribution in [1.29, 1.82) is 0 Å². The number of hydrogen-bond acceptors (Lipinski definition) is 4. The lowest BCUT2D eigenvalue weighted by molar-refractivity contribution is -0.207. The third-order valence-corrected chi connectivity index (χ3v) is 5.27. The number of nitrogens with zero attached hydrogens (tertiary/aromatic N) is 1. The molecule has 0 aromatic carbocycles. The van der Waals surface area contributed by atoms with Crippen molar-refractivity contribution >= 4 is 6.03 Å². The third-order valence-electron chi connectivity index (χ3n) is 5.27.